The van der Waals surface area contributed by atoms with Gasteiger partial charge in [-0.1, -0.05) is 26.0 Å². The molecule has 0 saturated carbocycles. The average Bonchev–Trinajstić information content (AvgIpc) is 2.62. The van der Waals surface area contributed by atoms with E-state index in [0.29, 0.717) is 22.9 Å². The Balaban J connectivity index is 1.93. The third kappa shape index (κ3) is 5.08. The van der Waals surface area contributed by atoms with Gasteiger partial charge in [0.15, 0.2) is 6.10 Å². The fraction of sp³-hybridized carbons (Fsp3) is 0.300. The van der Waals surface area contributed by atoms with E-state index in [1.54, 1.807) is 38.3 Å². The van der Waals surface area contributed by atoms with E-state index < -0.39 is 12.1 Å². The second kappa shape index (κ2) is 8.33. The molecular formula is C20H23NO4. The minimum Gasteiger partial charge on any atom is -0.497 e. The summed E-state index contributed by atoms with van der Waals surface area (Å²) in [4.78, 5) is 24.3. The van der Waals surface area contributed by atoms with Gasteiger partial charge < -0.3 is 14.8 Å². The molecule has 1 atom stereocenters. The van der Waals surface area contributed by atoms with Gasteiger partial charge in [0.25, 0.3) is 5.91 Å². The van der Waals surface area contributed by atoms with Gasteiger partial charge in [-0.25, -0.2) is 4.79 Å². The van der Waals surface area contributed by atoms with Crippen LogP contribution in [0.5, 0.6) is 5.75 Å². The maximum Gasteiger partial charge on any atom is 0.338 e. The molecule has 0 aliphatic heterocycles. The number of esters is 1. The van der Waals surface area contributed by atoms with E-state index in [-0.39, 0.29) is 5.91 Å². The SMILES string of the molecule is COc1ccc(C(=O)O[C@@H](C)C(=O)Nc2ccc(C(C)C)cc2)cc1. The van der Waals surface area contributed by atoms with E-state index in [1.165, 1.54) is 5.56 Å². The van der Waals surface area contributed by atoms with Crippen LogP contribution in [0.15, 0.2) is 48.5 Å². The molecule has 0 saturated heterocycles. The molecule has 132 valence electrons. The molecule has 0 aliphatic carbocycles. The van der Waals surface area contributed by atoms with E-state index in [9.17, 15) is 9.59 Å². The van der Waals surface area contributed by atoms with Gasteiger partial charge in [-0.3, -0.25) is 4.79 Å². The number of hydrogen-bond donors (Lipinski definition) is 1. The lowest BCUT2D eigenvalue weighted by atomic mass is 10.0. The van der Waals surface area contributed by atoms with E-state index in [0.717, 1.165) is 0 Å². The lowest BCUT2D eigenvalue weighted by molar-refractivity contribution is -0.123. The van der Waals surface area contributed by atoms with E-state index >= 15 is 0 Å². The molecule has 1 amide bonds. The quantitative estimate of drug-likeness (QED) is 0.807. The van der Waals surface area contributed by atoms with Gasteiger partial charge in [0.1, 0.15) is 5.75 Å². The van der Waals surface area contributed by atoms with Crippen molar-refractivity contribution in [3.8, 4) is 5.75 Å². The minimum absolute atomic E-state index is 0.363. The van der Waals surface area contributed by atoms with Crippen molar-refractivity contribution in [3.63, 3.8) is 0 Å². The van der Waals surface area contributed by atoms with Crippen LogP contribution in [0.3, 0.4) is 0 Å². The van der Waals surface area contributed by atoms with Crippen molar-refractivity contribution in [1.82, 2.24) is 0 Å². The highest BCUT2D eigenvalue weighted by Gasteiger charge is 2.19. The molecule has 2 rings (SSSR count). The number of ether oxygens (including phenoxy) is 2. The Morgan fingerprint density at radius 3 is 2.04 bits per heavy atom. The molecule has 0 spiro atoms. The zero-order chi connectivity index (χ0) is 18.4. The summed E-state index contributed by atoms with van der Waals surface area (Å²) in [6.45, 7) is 5.75. The normalized spacial score (nSPS) is 11.7. The number of nitrogens with one attached hydrogen (secondary N) is 1. The standard InChI is InChI=1S/C20H23NO4/c1-13(2)15-5-9-17(10-6-15)21-19(22)14(3)25-20(23)16-7-11-18(24-4)12-8-16/h5-14H,1-4H3,(H,21,22)/t14-/m0/s1. The van der Waals surface area contributed by atoms with Crippen molar-refractivity contribution in [3.05, 3.63) is 59.7 Å². The Kier molecular flexibility index (Phi) is 6.17. The molecule has 5 nitrogen and oxygen atoms in total. The Morgan fingerprint density at radius 1 is 0.920 bits per heavy atom. The maximum absolute atomic E-state index is 12.2. The fourth-order valence-corrected chi connectivity index (χ4v) is 2.20. The highest BCUT2D eigenvalue weighted by atomic mass is 16.5. The molecular weight excluding hydrogens is 318 g/mol. The van der Waals surface area contributed by atoms with Gasteiger partial charge in [-0.05, 0) is 54.8 Å². The number of carbonyl (C=O) groups is 2. The highest BCUT2D eigenvalue weighted by Crippen LogP contribution is 2.18. The van der Waals surface area contributed by atoms with Crippen LogP contribution in [0.4, 0.5) is 5.69 Å². The van der Waals surface area contributed by atoms with Crippen molar-refractivity contribution in [1.29, 1.82) is 0 Å². The first-order valence-electron chi connectivity index (χ1n) is 8.16. The predicted molar refractivity (Wildman–Crippen MR) is 97.0 cm³/mol. The second-order valence-corrected chi connectivity index (χ2v) is 6.04. The summed E-state index contributed by atoms with van der Waals surface area (Å²) in [6.07, 6.45) is -0.903. The molecule has 0 aromatic heterocycles. The van der Waals surface area contributed by atoms with Gasteiger partial charge in [-0.2, -0.15) is 0 Å². The number of amides is 1. The van der Waals surface area contributed by atoms with Gasteiger partial charge in [0.05, 0.1) is 12.7 Å². The molecule has 0 unspecified atom stereocenters. The van der Waals surface area contributed by atoms with Gasteiger partial charge >= 0.3 is 5.97 Å². The first-order chi connectivity index (χ1) is 11.9. The number of anilines is 1. The maximum atomic E-state index is 12.2. The number of benzene rings is 2. The second-order valence-electron chi connectivity index (χ2n) is 6.04. The van der Waals surface area contributed by atoms with Crippen molar-refractivity contribution >= 4 is 17.6 Å². The molecule has 5 heteroatoms. The van der Waals surface area contributed by atoms with Crippen molar-refractivity contribution in [2.75, 3.05) is 12.4 Å². The summed E-state index contributed by atoms with van der Waals surface area (Å²) in [7, 11) is 1.55. The summed E-state index contributed by atoms with van der Waals surface area (Å²) in [5.41, 5.74) is 2.22. The molecule has 0 fully saturated rings. The molecule has 2 aromatic carbocycles. The third-order valence-corrected chi connectivity index (χ3v) is 3.82. The molecule has 0 radical (unpaired) electrons. The molecule has 0 bridgehead atoms. The van der Waals surface area contributed by atoms with Crippen LogP contribution < -0.4 is 10.1 Å². The van der Waals surface area contributed by atoms with Crippen molar-refractivity contribution in [2.24, 2.45) is 0 Å². The summed E-state index contributed by atoms with van der Waals surface area (Å²) in [5.74, 6) is 0.140. The van der Waals surface area contributed by atoms with Crippen LogP contribution in [0.2, 0.25) is 0 Å². The number of hydrogen-bond acceptors (Lipinski definition) is 4. The molecule has 0 heterocycles. The highest BCUT2D eigenvalue weighted by molar-refractivity contribution is 5.97. The summed E-state index contributed by atoms with van der Waals surface area (Å²) in [5, 5.41) is 2.75. The fourth-order valence-electron chi connectivity index (χ4n) is 2.20. The third-order valence-electron chi connectivity index (χ3n) is 3.82. The molecule has 1 N–H and O–H groups in total. The summed E-state index contributed by atoms with van der Waals surface area (Å²) < 4.78 is 10.3. The van der Waals surface area contributed by atoms with Crippen LogP contribution in [0.1, 0.15) is 42.6 Å². The monoisotopic (exact) mass is 341 g/mol. The van der Waals surface area contributed by atoms with E-state index in [2.05, 4.69) is 19.2 Å². The first kappa shape index (κ1) is 18.5. The Labute approximate surface area is 148 Å². The Morgan fingerprint density at radius 2 is 1.52 bits per heavy atom. The number of rotatable bonds is 6. The lowest BCUT2D eigenvalue weighted by Gasteiger charge is -2.14. The van der Waals surface area contributed by atoms with E-state index in [4.69, 9.17) is 9.47 Å². The smallest absolute Gasteiger partial charge is 0.338 e. The predicted octanol–water partition coefficient (Wildman–Crippen LogP) is 4.00. The summed E-state index contributed by atoms with van der Waals surface area (Å²) >= 11 is 0. The van der Waals surface area contributed by atoms with E-state index in [1.807, 2.05) is 24.3 Å². The van der Waals surface area contributed by atoms with Gasteiger partial charge in [-0.15, -0.1) is 0 Å². The largest absolute Gasteiger partial charge is 0.497 e. The zero-order valence-corrected chi connectivity index (χ0v) is 14.9. The van der Waals surface area contributed by atoms with Crippen LogP contribution in [-0.4, -0.2) is 25.1 Å². The first-order valence-corrected chi connectivity index (χ1v) is 8.16. The Hall–Kier alpha value is -2.82. The van der Waals surface area contributed by atoms with Gasteiger partial charge in [0, 0.05) is 5.69 Å². The lowest BCUT2D eigenvalue weighted by Crippen LogP contribution is -2.30. The molecule has 25 heavy (non-hydrogen) atoms. The number of methoxy groups -OCH3 is 1. The number of carbonyl (C=O) groups excluding carboxylic acids is 2. The minimum atomic E-state index is -0.903. The molecule has 2 aromatic rings. The van der Waals surface area contributed by atoms with Crippen molar-refractivity contribution < 1.29 is 19.1 Å². The van der Waals surface area contributed by atoms with Gasteiger partial charge in [0.2, 0.25) is 0 Å². The zero-order valence-electron chi connectivity index (χ0n) is 14.9. The van der Waals surface area contributed by atoms with Crippen LogP contribution in [0.25, 0.3) is 0 Å². The Bertz CT molecular complexity index is 720. The van der Waals surface area contributed by atoms with Crippen LogP contribution in [-0.2, 0) is 9.53 Å². The van der Waals surface area contributed by atoms with Crippen molar-refractivity contribution in [2.45, 2.75) is 32.8 Å². The summed E-state index contributed by atoms with van der Waals surface area (Å²) in [6, 6.07) is 14.1. The molecule has 0 aliphatic rings. The average molecular weight is 341 g/mol. The van der Waals surface area contributed by atoms with Crippen LogP contribution >= 0.6 is 0 Å². The van der Waals surface area contributed by atoms with Crippen LogP contribution in [0, 0.1) is 0 Å². The topological polar surface area (TPSA) is 64.6 Å².